The van der Waals surface area contributed by atoms with Crippen LogP contribution in [0.15, 0.2) is 24.3 Å². The Labute approximate surface area is 123 Å². The van der Waals surface area contributed by atoms with Gasteiger partial charge in [0.25, 0.3) is 0 Å². The highest BCUT2D eigenvalue weighted by molar-refractivity contribution is 6.00. The molecule has 2 rings (SSSR count). The standard InChI is InChI=1S/C15H20N2O4/c1-15(2,21)9-16(3)14(20)17-11-7-5-4-6-10(11)8-12(17)13(18)19/h4-7,12,21H,8-9H2,1-3H3,(H,18,19). The predicted molar refractivity (Wildman–Crippen MR) is 78.4 cm³/mol. The Morgan fingerprint density at radius 3 is 2.57 bits per heavy atom. The van der Waals surface area contributed by atoms with E-state index in [2.05, 4.69) is 0 Å². The van der Waals surface area contributed by atoms with Gasteiger partial charge in [-0.2, -0.15) is 0 Å². The SMILES string of the molecule is CN(CC(C)(C)O)C(=O)N1c2ccccc2CC1C(=O)O. The Bertz CT molecular complexity index is 565. The quantitative estimate of drug-likeness (QED) is 0.880. The zero-order chi connectivity index (χ0) is 15.8. The molecule has 0 aromatic heterocycles. The molecule has 0 radical (unpaired) electrons. The van der Waals surface area contributed by atoms with Gasteiger partial charge in [-0.3, -0.25) is 4.90 Å². The molecule has 1 aromatic carbocycles. The molecule has 6 nitrogen and oxygen atoms in total. The number of aliphatic carboxylic acids is 1. The average Bonchev–Trinajstić information content (AvgIpc) is 2.75. The predicted octanol–water partition coefficient (Wildman–Crippen LogP) is 1.33. The lowest BCUT2D eigenvalue weighted by molar-refractivity contribution is -0.138. The third kappa shape index (κ3) is 3.16. The molecule has 1 aromatic rings. The minimum atomic E-state index is -1.04. The summed E-state index contributed by atoms with van der Waals surface area (Å²) < 4.78 is 0. The van der Waals surface area contributed by atoms with Crippen LogP contribution in [0.5, 0.6) is 0 Å². The number of para-hydroxylation sites is 1. The van der Waals surface area contributed by atoms with Crippen LogP contribution in [0.4, 0.5) is 10.5 Å². The van der Waals surface area contributed by atoms with Crippen molar-refractivity contribution in [1.29, 1.82) is 0 Å². The Morgan fingerprint density at radius 2 is 2.00 bits per heavy atom. The summed E-state index contributed by atoms with van der Waals surface area (Å²) in [4.78, 5) is 26.6. The third-order valence-corrected chi connectivity index (χ3v) is 3.42. The second kappa shape index (κ2) is 5.37. The van der Waals surface area contributed by atoms with Crippen molar-refractivity contribution in [3.63, 3.8) is 0 Å². The molecule has 6 heteroatoms. The maximum Gasteiger partial charge on any atom is 0.327 e. The fraction of sp³-hybridized carbons (Fsp3) is 0.467. The monoisotopic (exact) mass is 292 g/mol. The van der Waals surface area contributed by atoms with E-state index in [1.807, 2.05) is 12.1 Å². The molecule has 1 heterocycles. The molecule has 0 bridgehead atoms. The van der Waals surface area contributed by atoms with Gasteiger partial charge in [0.1, 0.15) is 6.04 Å². The molecule has 0 saturated heterocycles. The van der Waals surface area contributed by atoms with Crippen LogP contribution < -0.4 is 4.90 Å². The van der Waals surface area contributed by atoms with Gasteiger partial charge in [-0.1, -0.05) is 18.2 Å². The summed E-state index contributed by atoms with van der Waals surface area (Å²) in [6.07, 6.45) is 0.299. The van der Waals surface area contributed by atoms with Crippen LogP contribution in [0.1, 0.15) is 19.4 Å². The molecule has 21 heavy (non-hydrogen) atoms. The number of hydrogen-bond donors (Lipinski definition) is 2. The molecular formula is C15H20N2O4. The van der Waals surface area contributed by atoms with Gasteiger partial charge < -0.3 is 15.1 Å². The molecular weight excluding hydrogens is 272 g/mol. The van der Waals surface area contributed by atoms with E-state index in [-0.39, 0.29) is 6.54 Å². The second-order valence-electron chi connectivity index (χ2n) is 6.01. The van der Waals surface area contributed by atoms with Gasteiger partial charge in [-0.15, -0.1) is 0 Å². The van der Waals surface area contributed by atoms with Crippen molar-refractivity contribution in [3.8, 4) is 0 Å². The summed E-state index contributed by atoms with van der Waals surface area (Å²) in [5.74, 6) is -1.03. The van der Waals surface area contributed by atoms with Gasteiger partial charge in [0.2, 0.25) is 0 Å². The molecule has 0 saturated carbocycles. The summed E-state index contributed by atoms with van der Waals surface area (Å²) in [5, 5.41) is 19.2. The van der Waals surface area contributed by atoms with Crippen LogP contribution in [-0.4, -0.2) is 52.3 Å². The fourth-order valence-corrected chi connectivity index (χ4v) is 2.65. The average molecular weight is 292 g/mol. The highest BCUT2D eigenvalue weighted by Gasteiger charge is 2.40. The van der Waals surface area contributed by atoms with Crippen LogP contribution in [0.3, 0.4) is 0 Å². The van der Waals surface area contributed by atoms with Crippen LogP contribution in [-0.2, 0) is 11.2 Å². The van der Waals surface area contributed by atoms with E-state index in [4.69, 9.17) is 0 Å². The number of urea groups is 1. The van der Waals surface area contributed by atoms with E-state index in [0.717, 1.165) is 5.56 Å². The number of aliphatic hydroxyl groups is 1. The van der Waals surface area contributed by atoms with Crippen LogP contribution in [0, 0.1) is 0 Å². The van der Waals surface area contributed by atoms with Crippen LogP contribution >= 0.6 is 0 Å². The number of carboxylic acids is 1. The number of carboxylic acid groups (broad SMARTS) is 1. The number of carbonyl (C=O) groups is 2. The van der Waals surface area contributed by atoms with Crippen molar-refractivity contribution in [2.24, 2.45) is 0 Å². The topological polar surface area (TPSA) is 81.1 Å². The number of carbonyl (C=O) groups excluding carboxylic acids is 1. The molecule has 1 unspecified atom stereocenters. The first-order chi connectivity index (χ1) is 9.70. The maximum atomic E-state index is 12.6. The Hall–Kier alpha value is -2.08. The lowest BCUT2D eigenvalue weighted by atomic mass is 10.1. The zero-order valence-corrected chi connectivity index (χ0v) is 12.4. The number of anilines is 1. The van der Waals surface area contributed by atoms with E-state index >= 15 is 0 Å². The molecule has 2 N–H and O–H groups in total. The first-order valence-electron chi connectivity index (χ1n) is 6.78. The lowest BCUT2D eigenvalue weighted by Crippen LogP contribution is -2.51. The molecule has 0 spiro atoms. The Kier molecular flexibility index (Phi) is 3.91. The van der Waals surface area contributed by atoms with E-state index in [1.54, 1.807) is 33.0 Å². The Morgan fingerprint density at radius 1 is 1.38 bits per heavy atom. The number of rotatable bonds is 3. The lowest BCUT2D eigenvalue weighted by Gasteiger charge is -2.31. The summed E-state index contributed by atoms with van der Waals surface area (Å²) in [5.41, 5.74) is 0.426. The first kappa shape index (κ1) is 15.3. The third-order valence-electron chi connectivity index (χ3n) is 3.42. The number of likely N-dealkylation sites (N-methyl/N-ethyl adjacent to an activating group) is 1. The van der Waals surface area contributed by atoms with Gasteiger partial charge >= 0.3 is 12.0 Å². The summed E-state index contributed by atoms with van der Waals surface area (Å²) >= 11 is 0. The number of hydrogen-bond acceptors (Lipinski definition) is 3. The van der Waals surface area contributed by atoms with E-state index in [9.17, 15) is 19.8 Å². The van der Waals surface area contributed by atoms with E-state index in [1.165, 1.54) is 9.80 Å². The van der Waals surface area contributed by atoms with E-state index < -0.39 is 23.6 Å². The first-order valence-corrected chi connectivity index (χ1v) is 6.78. The second-order valence-corrected chi connectivity index (χ2v) is 6.01. The van der Waals surface area contributed by atoms with Crippen LogP contribution in [0.2, 0.25) is 0 Å². The van der Waals surface area contributed by atoms with Crippen molar-refractivity contribution >= 4 is 17.7 Å². The number of benzene rings is 1. The summed E-state index contributed by atoms with van der Waals surface area (Å²) in [6, 6.07) is 5.85. The maximum absolute atomic E-state index is 12.6. The molecule has 1 aliphatic rings. The van der Waals surface area contributed by atoms with Gasteiger partial charge in [-0.05, 0) is 25.5 Å². The van der Waals surface area contributed by atoms with E-state index in [0.29, 0.717) is 12.1 Å². The minimum Gasteiger partial charge on any atom is -0.480 e. The highest BCUT2D eigenvalue weighted by Crippen LogP contribution is 2.33. The molecule has 1 aliphatic heterocycles. The smallest absolute Gasteiger partial charge is 0.327 e. The number of nitrogens with zero attached hydrogens (tertiary/aromatic N) is 2. The largest absolute Gasteiger partial charge is 0.480 e. The summed E-state index contributed by atoms with van der Waals surface area (Å²) in [6.45, 7) is 3.32. The molecule has 2 amide bonds. The molecule has 0 fully saturated rings. The van der Waals surface area contributed by atoms with Crippen molar-refractivity contribution in [2.75, 3.05) is 18.5 Å². The van der Waals surface area contributed by atoms with Crippen molar-refractivity contribution in [2.45, 2.75) is 31.9 Å². The normalized spacial score (nSPS) is 17.5. The van der Waals surface area contributed by atoms with Gasteiger partial charge in [0.15, 0.2) is 0 Å². The van der Waals surface area contributed by atoms with Crippen molar-refractivity contribution in [3.05, 3.63) is 29.8 Å². The molecule has 1 atom stereocenters. The molecule has 0 aliphatic carbocycles. The Balaban J connectivity index is 2.30. The molecule has 114 valence electrons. The highest BCUT2D eigenvalue weighted by atomic mass is 16.4. The van der Waals surface area contributed by atoms with Gasteiger partial charge in [0, 0.05) is 19.2 Å². The minimum absolute atomic E-state index is 0.122. The fourth-order valence-electron chi connectivity index (χ4n) is 2.65. The van der Waals surface area contributed by atoms with Gasteiger partial charge in [-0.25, -0.2) is 9.59 Å². The van der Waals surface area contributed by atoms with Gasteiger partial charge in [0.05, 0.1) is 12.1 Å². The zero-order valence-electron chi connectivity index (χ0n) is 12.4. The number of amides is 2. The van der Waals surface area contributed by atoms with Crippen molar-refractivity contribution in [1.82, 2.24) is 4.90 Å². The number of fused-ring (bicyclic) bond motifs is 1. The summed E-state index contributed by atoms with van der Waals surface area (Å²) in [7, 11) is 1.56. The van der Waals surface area contributed by atoms with Crippen LogP contribution in [0.25, 0.3) is 0 Å². The van der Waals surface area contributed by atoms with Crippen molar-refractivity contribution < 1.29 is 19.8 Å².